The number of allylic oxidation sites excluding steroid dienone is 12. The third-order valence-corrected chi connectivity index (χ3v) is 2.70. The molecule has 0 rings (SSSR count). The van der Waals surface area contributed by atoms with Gasteiger partial charge in [-0.25, -0.2) is 0 Å². The maximum atomic E-state index is 4.44. The van der Waals surface area contributed by atoms with E-state index in [2.05, 4.69) is 24.7 Å². The summed E-state index contributed by atoms with van der Waals surface area (Å²) in [6.45, 7) is 17.4. The topological polar surface area (TPSA) is 12.4 Å². The third kappa shape index (κ3) is 7.68. The second-order valence-corrected chi connectivity index (χ2v) is 4.25. The Morgan fingerprint density at radius 3 is 2.19 bits per heavy atom. The van der Waals surface area contributed by atoms with Gasteiger partial charge in [0.15, 0.2) is 0 Å². The van der Waals surface area contributed by atoms with Gasteiger partial charge >= 0.3 is 0 Å². The van der Waals surface area contributed by atoms with Gasteiger partial charge in [0.25, 0.3) is 0 Å². The quantitative estimate of drug-likeness (QED) is 0.388. The van der Waals surface area contributed by atoms with Crippen molar-refractivity contribution in [2.24, 2.45) is 4.99 Å². The van der Waals surface area contributed by atoms with Crippen molar-refractivity contribution in [3.63, 3.8) is 0 Å². The number of aliphatic imine (C=N–C) groups is 1. The van der Waals surface area contributed by atoms with Crippen LogP contribution < -0.4 is 0 Å². The van der Waals surface area contributed by atoms with Crippen molar-refractivity contribution in [1.82, 2.24) is 0 Å². The van der Waals surface area contributed by atoms with Crippen molar-refractivity contribution >= 4 is 5.71 Å². The van der Waals surface area contributed by atoms with Crippen LogP contribution in [0, 0.1) is 0 Å². The molecule has 1 nitrogen and oxygen atoms in total. The van der Waals surface area contributed by atoms with E-state index in [-0.39, 0.29) is 0 Å². The fourth-order valence-electron chi connectivity index (χ4n) is 1.58. The van der Waals surface area contributed by atoms with Gasteiger partial charge in [-0.2, -0.15) is 0 Å². The van der Waals surface area contributed by atoms with Gasteiger partial charge in [-0.1, -0.05) is 68.3 Å². The fraction of sp³-hybridized carbons (Fsp3) is 0.150. The standard InChI is InChI=1S/C20H25N/c1-7-11-14-20(13-9-3)17(5)15-16-21-18(6)19(10-4)12-8-2/h7-16H,1,3,5H2,2,4,6H3/b12-8-,14-11-,16-15-,19-10?,20-13+,21-18+. The first-order valence-electron chi connectivity index (χ1n) is 6.92. The molecular weight excluding hydrogens is 254 g/mol. The predicted octanol–water partition coefficient (Wildman–Crippen LogP) is 5.89. The summed E-state index contributed by atoms with van der Waals surface area (Å²) in [7, 11) is 0. The van der Waals surface area contributed by atoms with Crippen LogP contribution in [-0.2, 0) is 0 Å². The van der Waals surface area contributed by atoms with Crippen LogP contribution in [0.1, 0.15) is 20.8 Å². The van der Waals surface area contributed by atoms with Crippen LogP contribution >= 0.6 is 0 Å². The van der Waals surface area contributed by atoms with E-state index < -0.39 is 0 Å². The molecule has 0 spiro atoms. The predicted molar refractivity (Wildman–Crippen MR) is 97.6 cm³/mol. The average molecular weight is 279 g/mol. The molecule has 0 aromatic carbocycles. The molecule has 0 aromatic heterocycles. The van der Waals surface area contributed by atoms with Crippen molar-refractivity contribution in [3.05, 3.63) is 97.3 Å². The van der Waals surface area contributed by atoms with Gasteiger partial charge in [0.1, 0.15) is 0 Å². The Labute approximate surface area is 129 Å². The van der Waals surface area contributed by atoms with Gasteiger partial charge in [-0.3, -0.25) is 4.99 Å². The molecule has 1 heteroatoms. The first-order chi connectivity index (χ1) is 10.1. The maximum Gasteiger partial charge on any atom is 0.0441 e. The van der Waals surface area contributed by atoms with E-state index in [9.17, 15) is 0 Å². The molecule has 0 bridgehead atoms. The highest BCUT2D eigenvalue weighted by molar-refractivity contribution is 6.00. The molecule has 0 aliphatic rings. The Balaban J connectivity index is 5.06. The van der Waals surface area contributed by atoms with Crippen LogP contribution in [0.3, 0.4) is 0 Å². The number of rotatable bonds is 8. The largest absolute Gasteiger partial charge is 0.261 e. The zero-order valence-corrected chi connectivity index (χ0v) is 13.3. The third-order valence-electron chi connectivity index (χ3n) is 2.70. The molecule has 0 aromatic rings. The average Bonchev–Trinajstić information content (AvgIpc) is 2.48. The summed E-state index contributed by atoms with van der Waals surface area (Å²) in [5.41, 5.74) is 3.93. The Morgan fingerprint density at radius 1 is 0.952 bits per heavy atom. The van der Waals surface area contributed by atoms with E-state index in [1.165, 1.54) is 0 Å². The van der Waals surface area contributed by atoms with E-state index in [1.807, 2.05) is 63.3 Å². The zero-order chi connectivity index (χ0) is 16.1. The van der Waals surface area contributed by atoms with E-state index in [0.29, 0.717) is 0 Å². The van der Waals surface area contributed by atoms with Gasteiger partial charge in [0.2, 0.25) is 0 Å². The summed E-state index contributed by atoms with van der Waals surface area (Å²) >= 11 is 0. The molecule has 0 heterocycles. The van der Waals surface area contributed by atoms with Gasteiger partial charge in [0, 0.05) is 11.9 Å². The zero-order valence-electron chi connectivity index (χ0n) is 13.3. The van der Waals surface area contributed by atoms with Gasteiger partial charge in [-0.15, -0.1) is 0 Å². The van der Waals surface area contributed by atoms with Crippen LogP contribution in [0.4, 0.5) is 0 Å². The molecule has 0 unspecified atom stereocenters. The molecular formula is C20H25N. The molecule has 0 fully saturated rings. The lowest BCUT2D eigenvalue weighted by molar-refractivity contribution is 1.46. The lowest BCUT2D eigenvalue weighted by Gasteiger charge is -2.01. The Morgan fingerprint density at radius 2 is 1.67 bits per heavy atom. The summed E-state index contributed by atoms with van der Waals surface area (Å²) in [4.78, 5) is 4.44. The molecule has 0 N–H and O–H groups in total. The molecule has 0 saturated carbocycles. The second-order valence-electron chi connectivity index (χ2n) is 4.25. The van der Waals surface area contributed by atoms with E-state index in [1.54, 1.807) is 18.4 Å². The molecule has 110 valence electrons. The van der Waals surface area contributed by atoms with Crippen molar-refractivity contribution < 1.29 is 0 Å². The van der Waals surface area contributed by atoms with Crippen molar-refractivity contribution in [2.45, 2.75) is 20.8 Å². The Hall–Kier alpha value is -2.41. The minimum atomic E-state index is 0.873. The van der Waals surface area contributed by atoms with Gasteiger partial charge < -0.3 is 0 Å². The highest BCUT2D eigenvalue weighted by Crippen LogP contribution is 2.12. The first-order valence-corrected chi connectivity index (χ1v) is 6.92. The van der Waals surface area contributed by atoms with E-state index >= 15 is 0 Å². The minimum Gasteiger partial charge on any atom is -0.261 e. The molecule has 0 aliphatic heterocycles. The second kappa shape index (κ2) is 11.4. The number of hydrogen-bond acceptors (Lipinski definition) is 1. The fourth-order valence-corrected chi connectivity index (χ4v) is 1.58. The van der Waals surface area contributed by atoms with Crippen LogP contribution in [0.5, 0.6) is 0 Å². The minimum absolute atomic E-state index is 0.873. The maximum absolute atomic E-state index is 4.44. The van der Waals surface area contributed by atoms with Crippen LogP contribution in [-0.4, -0.2) is 5.71 Å². The lowest BCUT2D eigenvalue weighted by atomic mass is 10.1. The summed E-state index contributed by atoms with van der Waals surface area (Å²) in [6.07, 6.45) is 18.9. The highest BCUT2D eigenvalue weighted by Gasteiger charge is 1.95. The molecule has 0 atom stereocenters. The monoisotopic (exact) mass is 279 g/mol. The van der Waals surface area contributed by atoms with Crippen LogP contribution in [0.2, 0.25) is 0 Å². The van der Waals surface area contributed by atoms with Crippen molar-refractivity contribution in [2.75, 3.05) is 0 Å². The first kappa shape index (κ1) is 18.6. The van der Waals surface area contributed by atoms with E-state index in [4.69, 9.17) is 0 Å². The summed E-state index contributed by atoms with van der Waals surface area (Å²) in [5.74, 6) is 0. The lowest BCUT2D eigenvalue weighted by Crippen LogP contribution is -1.93. The molecule has 0 aliphatic carbocycles. The normalized spacial score (nSPS) is 14.3. The van der Waals surface area contributed by atoms with Crippen LogP contribution in [0.25, 0.3) is 0 Å². The van der Waals surface area contributed by atoms with Crippen molar-refractivity contribution in [3.8, 4) is 0 Å². The van der Waals surface area contributed by atoms with Gasteiger partial charge in [0.05, 0.1) is 0 Å². The van der Waals surface area contributed by atoms with Crippen LogP contribution in [0.15, 0.2) is 102 Å². The molecule has 21 heavy (non-hydrogen) atoms. The Kier molecular flexibility index (Phi) is 10.1. The SMILES string of the molecule is C=C/C=C\C(=C/C=C)C(=C)/C=C\N=C(/C)C(=CC)/C=C\C. The summed E-state index contributed by atoms with van der Waals surface area (Å²) in [6, 6.07) is 0. The Bertz CT molecular complexity index is 546. The molecule has 0 radical (unpaired) electrons. The van der Waals surface area contributed by atoms with Gasteiger partial charge in [-0.05, 0) is 43.6 Å². The smallest absolute Gasteiger partial charge is 0.0441 e. The number of hydrogen-bond donors (Lipinski definition) is 0. The molecule has 0 amide bonds. The summed E-state index contributed by atoms with van der Waals surface area (Å²) < 4.78 is 0. The van der Waals surface area contributed by atoms with E-state index in [0.717, 1.165) is 22.4 Å². The molecule has 0 saturated heterocycles. The number of nitrogens with zero attached hydrogens (tertiary/aromatic N) is 1. The highest BCUT2D eigenvalue weighted by atomic mass is 14.7. The van der Waals surface area contributed by atoms with Crippen molar-refractivity contribution in [1.29, 1.82) is 0 Å². The summed E-state index contributed by atoms with van der Waals surface area (Å²) in [5, 5.41) is 0.